The molecule has 0 saturated heterocycles. The lowest BCUT2D eigenvalue weighted by Crippen LogP contribution is -2.09. The number of halogens is 2. The van der Waals surface area contributed by atoms with E-state index in [1.807, 2.05) is 13.0 Å². The van der Waals surface area contributed by atoms with Crippen LogP contribution in [0.3, 0.4) is 0 Å². The zero-order chi connectivity index (χ0) is 14.3. The molecule has 21 heavy (non-hydrogen) atoms. The number of hydrogen-bond acceptors (Lipinski definition) is 1. The molecule has 1 aromatic carbocycles. The van der Waals surface area contributed by atoms with E-state index in [0.29, 0.717) is 11.6 Å². The first-order valence-electron chi connectivity index (χ1n) is 7.97. The van der Waals surface area contributed by atoms with Crippen molar-refractivity contribution in [1.29, 1.82) is 0 Å². The van der Waals surface area contributed by atoms with E-state index in [0.717, 1.165) is 35.0 Å². The normalized spacial score (nSPS) is 38.0. The summed E-state index contributed by atoms with van der Waals surface area (Å²) in [5, 5.41) is -0.184. The van der Waals surface area contributed by atoms with Gasteiger partial charge in [0.05, 0.1) is 10.9 Å². The summed E-state index contributed by atoms with van der Waals surface area (Å²) in [5.41, 5.74) is 1.41. The zero-order valence-corrected chi connectivity index (χ0v) is 12.7. The maximum atomic E-state index is 14.1. The molecule has 0 N–H and O–H groups in total. The van der Waals surface area contributed by atoms with E-state index in [4.69, 9.17) is 11.6 Å². The molecule has 5 rings (SSSR count). The predicted octanol–water partition coefficient (Wildman–Crippen LogP) is 4.69. The van der Waals surface area contributed by atoms with Crippen LogP contribution in [0.25, 0.3) is 11.0 Å². The lowest BCUT2D eigenvalue weighted by atomic mass is 10.0. The molecule has 2 bridgehead atoms. The van der Waals surface area contributed by atoms with E-state index in [2.05, 4.69) is 9.55 Å². The summed E-state index contributed by atoms with van der Waals surface area (Å²) in [6.07, 6.45) is 4.18. The van der Waals surface area contributed by atoms with Crippen molar-refractivity contribution in [3.8, 4) is 0 Å². The van der Waals surface area contributed by atoms with Gasteiger partial charge < -0.3 is 4.57 Å². The summed E-state index contributed by atoms with van der Waals surface area (Å²) >= 11 is 6.34. The standard InChI is InChI=1S/C17H18ClFN2/c1-8(18)17-20-15-11(19)3-2-4-12(15)21(17)16-13-9-5-6-10(7-9)14(13)16/h2-4,8-10,13-14,16H,5-7H2,1H3. The molecule has 0 aliphatic heterocycles. The van der Waals surface area contributed by atoms with E-state index in [1.165, 1.54) is 25.3 Å². The van der Waals surface area contributed by atoms with E-state index < -0.39 is 0 Å². The van der Waals surface area contributed by atoms with E-state index in [-0.39, 0.29) is 11.2 Å². The second kappa shape index (κ2) is 4.01. The molecule has 3 aliphatic rings. The molecule has 3 aliphatic carbocycles. The number of nitrogens with zero attached hydrogens (tertiary/aromatic N) is 2. The third kappa shape index (κ3) is 1.51. The monoisotopic (exact) mass is 304 g/mol. The molecule has 4 heteroatoms. The number of alkyl halides is 1. The smallest absolute Gasteiger partial charge is 0.151 e. The lowest BCUT2D eigenvalue weighted by molar-refractivity contribution is 0.451. The Kier molecular flexibility index (Phi) is 2.38. The summed E-state index contributed by atoms with van der Waals surface area (Å²) in [4.78, 5) is 4.53. The SMILES string of the molecule is CC(Cl)c1nc2c(F)cccc2n1C1C2C3CCC(C3)C21. The van der Waals surface area contributed by atoms with Crippen LogP contribution in [0, 0.1) is 29.5 Å². The molecular formula is C17H18ClFN2. The first-order chi connectivity index (χ1) is 10.2. The Morgan fingerprint density at radius 3 is 2.67 bits per heavy atom. The van der Waals surface area contributed by atoms with Gasteiger partial charge in [0.1, 0.15) is 11.3 Å². The molecule has 2 nitrogen and oxygen atoms in total. The second-order valence-electron chi connectivity index (χ2n) is 7.04. The number of hydrogen-bond donors (Lipinski definition) is 0. The molecule has 0 amide bonds. The molecule has 110 valence electrons. The Morgan fingerprint density at radius 2 is 2.00 bits per heavy atom. The summed E-state index contributed by atoms with van der Waals surface area (Å²) in [6.45, 7) is 1.93. The second-order valence-corrected chi connectivity index (χ2v) is 7.70. The maximum absolute atomic E-state index is 14.1. The Labute approximate surface area is 128 Å². The topological polar surface area (TPSA) is 17.8 Å². The quantitative estimate of drug-likeness (QED) is 0.736. The van der Waals surface area contributed by atoms with Crippen molar-refractivity contribution in [1.82, 2.24) is 9.55 Å². The van der Waals surface area contributed by atoms with E-state index >= 15 is 0 Å². The fourth-order valence-corrected chi connectivity index (χ4v) is 5.47. The molecule has 3 saturated carbocycles. The molecular weight excluding hydrogens is 287 g/mol. The van der Waals surface area contributed by atoms with Gasteiger partial charge in [-0.05, 0) is 62.0 Å². The van der Waals surface area contributed by atoms with Gasteiger partial charge >= 0.3 is 0 Å². The van der Waals surface area contributed by atoms with Crippen molar-refractivity contribution in [2.45, 2.75) is 37.6 Å². The molecule has 1 aromatic heterocycles. The Morgan fingerprint density at radius 1 is 1.29 bits per heavy atom. The van der Waals surface area contributed by atoms with Gasteiger partial charge in [0, 0.05) is 6.04 Å². The van der Waals surface area contributed by atoms with Crippen LogP contribution in [0.15, 0.2) is 18.2 Å². The average molecular weight is 305 g/mol. The Hall–Kier alpha value is -1.09. The van der Waals surface area contributed by atoms with Crippen molar-refractivity contribution >= 4 is 22.6 Å². The van der Waals surface area contributed by atoms with E-state index in [9.17, 15) is 4.39 Å². The van der Waals surface area contributed by atoms with Crippen LogP contribution in [0.1, 0.15) is 43.4 Å². The summed E-state index contributed by atoms with van der Waals surface area (Å²) in [6, 6.07) is 5.77. The minimum atomic E-state index is -0.237. The van der Waals surface area contributed by atoms with Gasteiger partial charge in [-0.25, -0.2) is 9.37 Å². The largest absolute Gasteiger partial charge is 0.323 e. The third-order valence-corrected chi connectivity index (χ3v) is 6.24. The number of rotatable bonds is 2. The maximum Gasteiger partial charge on any atom is 0.151 e. The van der Waals surface area contributed by atoms with Gasteiger partial charge in [-0.15, -0.1) is 11.6 Å². The first kappa shape index (κ1) is 12.5. The van der Waals surface area contributed by atoms with Gasteiger partial charge in [0.2, 0.25) is 0 Å². The van der Waals surface area contributed by atoms with Crippen molar-refractivity contribution in [2.75, 3.05) is 0 Å². The number of fused-ring (bicyclic) bond motifs is 6. The summed E-state index contributed by atoms with van der Waals surface area (Å²) < 4.78 is 16.3. The fraction of sp³-hybridized carbons (Fsp3) is 0.588. The van der Waals surface area contributed by atoms with Crippen LogP contribution >= 0.6 is 11.6 Å². The van der Waals surface area contributed by atoms with Crippen molar-refractivity contribution in [2.24, 2.45) is 23.7 Å². The van der Waals surface area contributed by atoms with Crippen LogP contribution in [0.5, 0.6) is 0 Å². The molecule has 5 atom stereocenters. The third-order valence-electron chi connectivity index (χ3n) is 6.05. The van der Waals surface area contributed by atoms with Gasteiger partial charge in [-0.1, -0.05) is 6.07 Å². The molecule has 0 spiro atoms. The van der Waals surface area contributed by atoms with Crippen molar-refractivity contribution in [3.05, 3.63) is 29.8 Å². The van der Waals surface area contributed by atoms with Crippen LogP contribution in [-0.4, -0.2) is 9.55 Å². The molecule has 2 aromatic rings. The molecule has 1 heterocycles. The molecule has 5 unspecified atom stereocenters. The number of imidazole rings is 1. The fourth-order valence-electron chi connectivity index (χ4n) is 5.32. The number of para-hydroxylation sites is 1. The minimum Gasteiger partial charge on any atom is -0.323 e. The minimum absolute atomic E-state index is 0.184. The predicted molar refractivity (Wildman–Crippen MR) is 80.8 cm³/mol. The Balaban J connectivity index is 1.69. The van der Waals surface area contributed by atoms with Gasteiger partial charge in [-0.2, -0.15) is 0 Å². The Bertz CT molecular complexity index is 722. The number of benzene rings is 1. The summed E-state index contributed by atoms with van der Waals surface area (Å²) in [5.74, 6) is 3.95. The van der Waals surface area contributed by atoms with Crippen LogP contribution in [0.4, 0.5) is 4.39 Å². The number of aromatic nitrogens is 2. The summed E-state index contributed by atoms with van der Waals surface area (Å²) in [7, 11) is 0. The van der Waals surface area contributed by atoms with Crippen molar-refractivity contribution in [3.63, 3.8) is 0 Å². The first-order valence-corrected chi connectivity index (χ1v) is 8.41. The van der Waals surface area contributed by atoms with Crippen LogP contribution in [0.2, 0.25) is 0 Å². The van der Waals surface area contributed by atoms with Gasteiger partial charge in [0.25, 0.3) is 0 Å². The zero-order valence-electron chi connectivity index (χ0n) is 12.0. The van der Waals surface area contributed by atoms with Crippen LogP contribution in [-0.2, 0) is 0 Å². The molecule has 3 fully saturated rings. The highest BCUT2D eigenvalue weighted by molar-refractivity contribution is 6.20. The van der Waals surface area contributed by atoms with Crippen molar-refractivity contribution < 1.29 is 4.39 Å². The average Bonchev–Trinajstić information content (AvgIpc) is 2.82. The van der Waals surface area contributed by atoms with Crippen LogP contribution < -0.4 is 0 Å². The highest BCUT2D eigenvalue weighted by Crippen LogP contribution is 2.72. The van der Waals surface area contributed by atoms with E-state index in [1.54, 1.807) is 6.07 Å². The van der Waals surface area contributed by atoms with Gasteiger partial charge in [-0.3, -0.25) is 0 Å². The molecule has 0 radical (unpaired) electrons. The lowest BCUT2D eigenvalue weighted by Gasteiger charge is -2.15. The highest BCUT2D eigenvalue weighted by atomic mass is 35.5. The van der Waals surface area contributed by atoms with Gasteiger partial charge in [0.15, 0.2) is 5.82 Å². The highest BCUT2D eigenvalue weighted by Gasteiger charge is 2.66.